The van der Waals surface area contributed by atoms with Gasteiger partial charge >= 0.3 is 0 Å². The maximum absolute atomic E-state index is 12.0. The van der Waals surface area contributed by atoms with Crippen LogP contribution in [0.25, 0.3) is 0 Å². The highest BCUT2D eigenvalue weighted by Crippen LogP contribution is 2.26. The monoisotopic (exact) mass is 390 g/mol. The number of benzene rings is 2. The summed E-state index contributed by atoms with van der Waals surface area (Å²) in [5.41, 5.74) is 4.43. The Morgan fingerprint density at radius 3 is 2.58 bits per heavy atom. The van der Waals surface area contributed by atoms with Crippen molar-refractivity contribution in [3.05, 3.63) is 58.1 Å². The molecule has 1 N–H and O–H groups in total. The molecule has 2 aromatic carbocycles. The van der Waals surface area contributed by atoms with Gasteiger partial charge in [0.15, 0.2) is 6.10 Å². The number of nitrogens with one attached hydrogen (secondary N) is 1. The Labute approximate surface area is 149 Å². The van der Waals surface area contributed by atoms with Gasteiger partial charge in [0.1, 0.15) is 11.5 Å². The van der Waals surface area contributed by atoms with Gasteiger partial charge in [-0.25, -0.2) is 5.43 Å². The van der Waals surface area contributed by atoms with Crippen LogP contribution in [-0.2, 0) is 4.79 Å². The second kappa shape index (κ2) is 8.49. The Morgan fingerprint density at radius 2 is 1.96 bits per heavy atom. The van der Waals surface area contributed by atoms with Gasteiger partial charge < -0.3 is 9.47 Å². The Balaban J connectivity index is 1.89. The molecule has 0 aliphatic rings. The Bertz CT molecular complexity index is 730. The first-order chi connectivity index (χ1) is 11.5. The van der Waals surface area contributed by atoms with Crippen LogP contribution in [0, 0.1) is 6.92 Å². The lowest BCUT2D eigenvalue weighted by Gasteiger charge is -2.14. The SMILES string of the molecule is COc1ccc(/C=N\NC(=O)[C@H](C)Oc2ccc(C)cc2Br)cc1. The first-order valence-electron chi connectivity index (χ1n) is 7.39. The van der Waals surface area contributed by atoms with Crippen molar-refractivity contribution in [2.75, 3.05) is 7.11 Å². The van der Waals surface area contributed by atoms with Gasteiger partial charge in [-0.2, -0.15) is 5.10 Å². The number of nitrogens with zero attached hydrogens (tertiary/aromatic N) is 1. The van der Waals surface area contributed by atoms with E-state index < -0.39 is 6.10 Å². The van der Waals surface area contributed by atoms with Crippen molar-refractivity contribution in [1.29, 1.82) is 0 Å². The van der Waals surface area contributed by atoms with Gasteiger partial charge in [0.05, 0.1) is 17.8 Å². The first-order valence-corrected chi connectivity index (χ1v) is 8.18. The highest BCUT2D eigenvalue weighted by Gasteiger charge is 2.15. The number of hydrazone groups is 1. The van der Waals surface area contributed by atoms with Crippen LogP contribution >= 0.6 is 15.9 Å². The zero-order chi connectivity index (χ0) is 17.5. The van der Waals surface area contributed by atoms with Crippen LogP contribution in [0.3, 0.4) is 0 Å². The average Bonchev–Trinajstić information content (AvgIpc) is 2.57. The molecule has 24 heavy (non-hydrogen) atoms. The number of ether oxygens (including phenoxy) is 2. The van der Waals surface area contributed by atoms with Crippen molar-refractivity contribution in [3.63, 3.8) is 0 Å². The molecule has 0 saturated heterocycles. The molecule has 0 saturated carbocycles. The second-order valence-corrected chi connectivity index (χ2v) is 6.06. The number of methoxy groups -OCH3 is 1. The Morgan fingerprint density at radius 1 is 1.25 bits per heavy atom. The van der Waals surface area contributed by atoms with Gasteiger partial charge in [0.2, 0.25) is 0 Å². The summed E-state index contributed by atoms with van der Waals surface area (Å²) < 4.78 is 11.5. The van der Waals surface area contributed by atoms with Crippen LogP contribution in [0.1, 0.15) is 18.1 Å². The molecule has 0 aliphatic carbocycles. The van der Waals surface area contributed by atoms with Crippen molar-refractivity contribution < 1.29 is 14.3 Å². The molecule has 0 aromatic heterocycles. The van der Waals surface area contributed by atoms with E-state index in [2.05, 4.69) is 26.5 Å². The van der Waals surface area contributed by atoms with Crippen molar-refractivity contribution >= 4 is 28.1 Å². The smallest absolute Gasteiger partial charge is 0.280 e. The maximum Gasteiger partial charge on any atom is 0.280 e. The minimum Gasteiger partial charge on any atom is -0.497 e. The van der Waals surface area contributed by atoms with E-state index in [1.165, 1.54) is 0 Å². The van der Waals surface area contributed by atoms with Crippen molar-refractivity contribution in [2.24, 2.45) is 5.10 Å². The van der Waals surface area contributed by atoms with Crippen molar-refractivity contribution in [3.8, 4) is 11.5 Å². The molecule has 0 aliphatic heterocycles. The molecule has 2 rings (SSSR count). The standard InChI is InChI=1S/C18H19BrN2O3/c1-12-4-9-17(16(19)10-12)24-13(2)18(22)21-20-11-14-5-7-15(23-3)8-6-14/h4-11,13H,1-3H3,(H,21,22)/b20-11-/t13-/m0/s1. The third-order valence-corrected chi connectivity index (χ3v) is 3.88. The fourth-order valence-corrected chi connectivity index (χ4v) is 2.48. The number of carbonyl (C=O) groups is 1. The molecule has 0 spiro atoms. The maximum atomic E-state index is 12.0. The predicted octanol–water partition coefficient (Wildman–Crippen LogP) is 3.68. The topological polar surface area (TPSA) is 59.9 Å². The molecule has 126 valence electrons. The lowest BCUT2D eigenvalue weighted by atomic mass is 10.2. The van der Waals surface area contributed by atoms with Gasteiger partial charge in [-0.3, -0.25) is 4.79 Å². The largest absolute Gasteiger partial charge is 0.497 e. The Hall–Kier alpha value is -2.34. The summed E-state index contributed by atoms with van der Waals surface area (Å²) in [6.07, 6.45) is 0.892. The molecule has 0 heterocycles. The highest BCUT2D eigenvalue weighted by atomic mass is 79.9. The van der Waals surface area contributed by atoms with Crippen LogP contribution in [-0.4, -0.2) is 25.3 Å². The number of carbonyl (C=O) groups excluding carboxylic acids is 1. The summed E-state index contributed by atoms with van der Waals surface area (Å²) in [5, 5.41) is 3.94. The third kappa shape index (κ3) is 5.09. The van der Waals surface area contributed by atoms with Gasteiger partial charge in [0.25, 0.3) is 5.91 Å². The summed E-state index contributed by atoms with van der Waals surface area (Å²) >= 11 is 3.42. The number of aryl methyl sites for hydroxylation is 1. The van der Waals surface area contributed by atoms with E-state index >= 15 is 0 Å². The van der Waals surface area contributed by atoms with Gasteiger partial charge in [-0.05, 0) is 77.3 Å². The third-order valence-electron chi connectivity index (χ3n) is 3.26. The number of rotatable bonds is 6. The summed E-state index contributed by atoms with van der Waals surface area (Å²) in [4.78, 5) is 12.0. The molecular weight excluding hydrogens is 372 g/mol. The summed E-state index contributed by atoms with van der Waals surface area (Å²) in [6.45, 7) is 3.66. The van der Waals surface area contributed by atoms with E-state index in [-0.39, 0.29) is 5.91 Å². The highest BCUT2D eigenvalue weighted by molar-refractivity contribution is 9.10. The molecule has 0 fully saturated rings. The summed E-state index contributed by atoms with van der Waals surface area (Å²) in [5.74, 6) is 1.05. The van der Waals surface area contributed by atoms with Crippen LogP contribution in [0.2, 0.25) is 0 Å². The van der Waals surface area contributed by atoms with E-state index in [0.29, 0.717) is 5.75 Å². The minimum atomic E-state index is -0.669. The van der Waals surface area contributed by atoms with Crippen molar-refractivity contribution in [1.82, 2.24) is 5.43 Å². The molecule has 2 aromatic rings. The van der Waals surface area contributed by atoms with Crippen LogP contribution < -0.4 is 14.9 Å². The van der Waals surface area contributed by atoms with E-state index in [0.717, 1.165) is 21.3 Å². The van der Waals surface area contributed by atoms with Crippen molar-refractivity contribution in [2.45, 2.75) is 20.0 Å². The molecular formula is C18H19BrN2O3. The van der Waals surface area contributed by atoms with Crippen LogP contribution in [0.4, 0.5) is 0 Å². The van der Waals surface area contributed by atoms with Gasteiger partial charge in [0, 0.05) is 0 Å². The molecule has 0 radical (unpaired) electrons. The number of hydrogen-bond acceptors (Lipinski definition) is 4. The molecule has 6 heteroatoms. The van der Waals surface area contributed by atoms with Gasteiger partial charge in [-0.1, -0.05) is 6.07 Å². The fraction of sp³-hybridized carbons (Fsp3) is 0.222. The normalized spacial score (nSPS) is 12.0. The number of halogens is 1. The second-order valence-electron chi connectivity index (χ2n) is 5.20. The van der Waals surface area contributed by atoms with Gasteiger partial charge in [-0.15, -0.1) is 0 Å². The molecule has 1 amide bonds. The molecule has 0 unspecified atom stereocenters. The van der Waals surface area contributed by atoms with Crippen LogP contribution in [0.15, 0.2) is 52.0 Å². The average molecular weight is 391 g/mol. The van der Waals surface area contributed by atoms with E-state index in [9.17, 15) is 4.79 Å². The number of hydrogen-bond donors (Lipinski definition) is 1. The predicted molar refractivity (Wildman–Crippen MR) is 97.7 cm³/mol. The van der Waals surface area contributed by atoms with E-state index in [1.54, 1.807) is 20.2 Å². The van der Waals surface area contributed by atoms with E-state index in [4.69, 9.17) is 9.47 Å². The van der Waals surface area contributed by atoms with E-state index in [1.807, 2.05) is 49.4 Å². The summed E-state index contributed by atoms with van der Waals surface area (Å²) in [6, 6.07) is 13.0. The van der Waals surface area contributed by atoms with Crippen LogP contribution in [0.5, 0.6) is 11.5 Å². The quantitative estimate of drug-likeness (QED) is 0.604. The zero-order valence-corrected chi connectivity index (χ0v) is 15.3. The molecule has 1 atom stereocenters. The lowest BCUT2D eigenvalue weighted by molar-refractivity contribution is -0.127. The Kier molecular flexibility index (Phi) is 6.37. The first kappa shape index (κ1) is 18.0. The zero-order valence-electron chi connectivity index (χ0n) is 13.7. The fourth-order valence-electron chi connectivity index (χ4n) is 1.90. The number of amides is 1. The summed E-state index contributed by atoms with van der Waals surface area (Å²) in [7, 11) is 1.61. The molecule has 5 nitrogen and oxygen atoms in total. The lowest BCUT2D eigenvalue weighted by Crippen LogP contribution is -2.33. The molecule has 0 bridgehead atoms. The minimum absolute atomic E-state index is 0.327.